The molecule has 5 nitrogen and oxygen atoms in total. The molecule has 1 saturated heterocycles. The van der Waals surface area contributed by atoms with Crippen molar-refractivity contribution in [3.63, 3.8) is 0 Å². The van der Waals surface area contributed by atoms with Crippen LogP contribution in [0.1, 0.15) is 30.1 Å². The number of amides is 1. The largest absolute Gasteiger partial charge is 0.490 e. The van der Waals surface area contributed by atoms with Crippen molar-refractivity contribution in [2.24, 2.45) is 5.92 Å². The lowest BCUT2D eigenvalue weighted by Crippen LogP contribution is -2.48. The molecule has 0 aromatic heterocycles. The van der Waals surface area contributed by atoms with E-state index in [9.17, 15) is 4.79 Å². The smallest absolute Gasteiger partial charge is 0.251 e. The molecule has 2 heterocycles. The molecule has 2 atom stereocenters. The van der Waals surface area contributed by atoms with Gasteiger partial charge in [0.15, 0.2) is 11.5 Å². The zero-order valence-electron chi connectivity index (χ0n) is 12.8. The second-order valence-electron chi connectivity index (χ2n) is 5.76. The Kier molecular flexibility index (Phi) is 5.91. The van der Waals surface area contributed by atoms with Crippen molar-refractivity contribution in [2.75, 3.05) is 26.3 Å². The molecule has 2 N–H and O–H groups in total. The third-order valence-corrected chi connectivity index (χ3v) is 4.11. The number of hydrogen-bond donors (Lipinski definition) is 2. The van der Waals surface area contributed by atoms with Crippen molar-refractivity contribution in [1.82, 2.24) is 10.6 Å². The number of piperidine rings is 1. The number of benzene rings is 1. The molecule has 0 bridgehead atoms. The van der Waals surface area contributed by atoms with Crippen molar-refractivity contribution >= 4 is 18.3 Å². The molecule has 1 amide bonds. The van der Waals surface area contributed by atoms with Crippen molar-refractivity contribution in [2.45, 2.75) is 25.8 Å². The van der Waals surface area contributed by atoms with Gasteiger partial charge in [-0.3, -0.25) is 4.79 Å². The minimum Gasteiger partial charge on any atom is -0.490 e. The molecule has 0 radical (unpaired) electrons. The number of halogens is 1. The van der Waals surface area contributed by atoms with Gasteiger partial charge in [-0.2, -0.15) is 0 Å². The van der Waals surface area contributed by atoms with Gasteiger partial charge in [-0.1, -0.05) is 6.92 Å². The first-order valence-corrected chi connectivity index (χ1v) is 7.65. The zero-order chi connectivity index (χ0) is 14.7. The van der Waals surface area contributed by atoms with E-state index in [-0.39, 0.29) is 24.4 Å². The summed E-state index contributed by atoms with van der Waals surface area (Å²) >= 11 is 0. The monoisotopic (exact) mass is 326 g/mol. The second-order valence-corrected chi connectivity index (χ2v) is 5.76. The van der Waals surface area contributed by atoms with Crippen LogP contribution in [0.5, 0.6) is 11.5 Å². The van der Waals surface area contributed by atoms with Gasteiger partial charge in [-0.25, -0.2) is 0 Å². The number of carbonyl (C=O) groups excluding carboxylic acids is 1. The Bertz CT molecular complexity index is 524. The maximum Gasteiger partial charge on any atom is 0.251 e. The maximum absolute atomic E-state index is 12.4. The van der Waals surface area contributed by atoms with Crippen LogP contribution in [-0.4, -0.2) is 38.3 Å². The minimum atomic E-state index is -0.0376. The Hall–Kier alpha value is -1.46. The average molecular weight is 327 g/mol. The van der Waals surface area contributed by atoms with E-state index >= 15 is 0 Å². The quantitative estimate of drug-likeness (QED) is 0.872. The summed E-state index contributed by atoms with van der Waals surface area (Å²) in [5.41, 5.74) is 0.630. The van der Waals surface area contributed by atoms with E-state index in [0.717, 1.165) is 31.7 Å². The normalized spacial score (nSPS) is 23.9. The number of carbonyl (C=O) groups is 1. The fourth-order valence-corrected chi connectivity index (χ4v) is 2.78. The lowest BCUT2D eigenvalue weighted by atomic mass is 9.95. The van der Waals surface area contributed by atoms with E-state index in [0.29, 0.717) is 30.4 Å². The summed E-state index contributed by atoms with van der Waals surface area (Å²) < 4.78 is 11.2. The summed E-state index contributed by atoms with van der Waals surface area (Å²) in [6.45, 7) is 5.35. The van der Waals surface area contributed by atoms with Gasteiger partial charge in [0.1, 0.15) is 0 Å². The van der Waals surface area contributed by atoms with Gasteiger partial charge in [0, 0.05) is 18.0 Å². The van der Waals surface area contributed by atoms with Gasteiger partial charge in [-0.15, -0.1) is 12.4 Å². The fourth-order valence-electron chi connectivity index (χ4n) is 2.78. The standard InChI is InChI=1S/C16H22N2O3.ClH/c1-11-10-17-6-5-13(11)18-16(19)12-3-4-14-15(9-12)21-8-2-7-20-14;/h3-4,9,11,13,17H,2,5-8,10H2,1H3,(H,18,19);1H. The molecule has 2 unspecified atom stereocenters. The number of nitrogens with one attached hydrogen (secondary N) is 2. The molecule has 0 spiro atoms. The highest BCUT2D eigenvalue weighted by Crippen LogP contribution is 2.30. The van der Waals surface area contributed by atoms with Crippen LogP contribution in [0, 0.1) is 5.92 Å². The van der Waals surface area contributed by atoms with Crippen LogP contribution < -0.4 is 20.1 Å². The predicted octanol–water partition coefficient (Wildman–Crippen LogP) is 2.00. The number of ether oxygens (including phenoxy) is 2. The van der Waals surface area contributed by atoms with Crippen molar-refractivity contribution in [1.29, 1.82) is 0 Å². The first-order chi connectivity index (χ1) is 10.2. The van der Waals surface area contributed by atoms with Gasteiger partial charge in [0.2, 0.25) is 0 Å². The fraction of sp³-hybridized carbons (Fsp3) is 0.562. The van der Waals surface area contributed by atoms with Gasteiger partial charge < -0.3 is 20.1 Å². The summed E-state index contributed by atoms with van der Waals surface area (Å²) in [7, 11) is 0. The molecule has 1 fully saturated rings. The topological polar surface area (TPSA) is 59.6 Å². The third kappa shape index (κ3) is 3.84. The molecule has 6 heteroatoms. The van der Waals surface area contributed by atoms with Crippen LogP contribution in [0.2, 0.25) is 0 Å². The molecule has 2 aliphatic rings. The Labute approximate surface area is 137 Å². The Morgan fingerprint density at radius 3 is 2.82 bits per heavy atom. The lowest BCUT2D eigenvalue weighted by molar-refractivity contribution is 0.0913. The van der Waals surface area contributed by atoms with Crippen molar-refractivity contribution in [3.05, 3.63) is 23.8 Å². The summed E-state index contributed by atoms with van der Waals surface area (Å²) in [6, 6.07) is 5.63. The molecule has 2 aliphatic heterocycles. The van der Waals surface area contributed by atoms with Crippen LogP contribution in [0.4, 0.5) is 0 Å². The molecular weight excluding hydrogens is 304 g/mol. The molecule has 3 rings (SSSR count). The van der Waals surface area contributed by atoms with E-state index in [1.54, 1.807) is 12.1 Å². The van der Waals surface area contributed by atoms with Crippen molar-refractivity contribution < 1.29 is 14.3 Å². The van der Waals surface area contributed by atoms with E-state index in [1.807, 2.05) is 6.07 Å². The third-order valence-electron chi connectivity index (χ3n) is 4.11. The number of hydrogen-bond acceptors (Lipinski definition) is 4. The highest BCUT2D eigenvalue weighted by Gasteiger charge is 2.23. The minimum absolute atomic E-state index is 0. The van der Waals surface area contributed by atoms with Gasteiger partial charge >= 0.3 is 0 Å². The van der Waals surface area contributed by atoms with E-state index in [1.165, 1.54) is 0 Å². The van der Waals surface area contributed by atoms with Crippen LogP contribution in [-0.2, 0) is 0 Å². The molecular formula is C16H23ClN2O3. The highest BCUT2D eigenvalue weighted by molar-refractivity contribution is 5.95. The van der Waals surface area contributed by atoms with Crippen LogP contribution >= 0.6 is 12.4 Å². The molecule has 1 aromatic carbocycles. The molecule has 0 aliphatic carbocycles. The van der Waals surface area contributed by atoms with Crippen LogP contribution in [0.15, 0.2) is 18.2 Å². The second kappa shape index (κ2) is 7.70. The SMILES string of the molecule is CC1CNCCC1NC(=O)c1ccc2c(c1)OCCCO2.Cl. The molecule has 122 valence electrons. The first-order valence-electron chi connectivity index (χ1n) is 7.65. The summed E-state index contributed by atoms with van der Waals surface area (Å²) in [5.74, 6) is 1.80. The van der Waals surface area contributed by atoms with Crippen molar-refractivity contribution in [3.8, 4) is 11.5 Å². The van der Waals surface area contributed by atoms with Gasteiger partial charge in [0.05, 0.1) is 13.2 Å². The Balaban J connectivity index is 0.00000176. The van der Waals surface area contributed by atoms with Crippen LogP contribution in [0.25, 0.3) is 0 Å². The van der Waals surface area contributed by atoms with E-state index < -0.39 is 0 Å². The summed E-state index contributed by atoms with van der Waals surface area (Å²) in [5, 5.41) is 6.47. The molecule has 1 aromatic rings. The van der Waals surface area contributed by atoms with Crippen LogP contribution in [0.3, 0.4) is 0 Å². The first kappa shape index (κ1) is 16.9. The van der Waals surface area contributed by atoms with Gasteiger partial charge in [-0.05, 0) is 43.6 Å². The molecule has 22 heavy (non-hydrogen) atoms. The zero-order valence-corrected chi connectivity index (χ0v) is 13.6. The number of rotatable bonds is 2. The van der Waals surface area contributed by atoms with Gasteiger partial charge in [0.25, 0.3) is 5.91 Å². The summed E-state index contributed by atoms with van der Waals surface area (Å²) in [4.78, 5) is 12.4. The average Bonchev–Trinajstić information content (AvgIpc) is 2.74. The summed E-state index contributed by atoms with van der Waals surface area (Å²) in [6.07, 6.45) is 1.83. The number of fused-ring (bicyclic) bond motifs is 1. The Morgan fingerprint density at radius 2 is 2.05 bits per heavy atom. The highest BCUT2D eigenvalue weighted by atomic mass is 35.5. The van der Waals surface area contributed by atoms with E-state index in [4.69, 9.17) is 9.47 Å². The van der Waals surface area contributed by atoms with E-state index in [2.05, 4.69) is 17.6 Å². The Morgan fingerprint density at radius 1 is 1.27 bits per heavy atom. The predicted molar refractivity (Wildman–Crippen MR) is 87.2 cm³/mol. The molecule has 0 saturated carbocycles. The lowest BCUT2D eigenvalue weighted by Gasteiger charge is -2.30. The maximum atomic E-state index is 12.4.